The smallest absolute Gasteiger partial charge is 0.318 e. The molecule has 0 aliphatic rings. The number of carbonyl (C=O) groups is 2. The van der Waals surface area contributed by atoms with Gasteiger partial charge in [-0.05, 0) is 29.6 Å². The number of hydrazone groups is 1. The van der Waals surface area contributed by atoms with Crippen molar-refractivity contribution < 1.29 is 22.8 Å². The first-order valence-corrected chi connectivity index (χ1v) is 7.09. The van der Waals surface area contributed by atoms with Gasteiger partial charge in [-0.25, -0.2) is 5.43 Å². The van der Waals surface area contributed by atoms with Crippen LogP contribution in [0.15, 0.2) is 46.9 Å². The van der Waals surface area contributed by atoms with Crippen molar-refractivity contribution in [3.05, 3.63) is 52.2 Å². The summed E-state index contributed by atoms with van der Waals surface area (Å²) >= 11 is 1.38. The lowest BCUT2D eigenvalue weighted by atomic mass is 10.2. The molecular formula is C14H10F3N3O2S. The van der Waals surface area contributed by atoms with Gasteiger partial charge in [-0.1, -0.05) is 12.1 Å². The molecule has 2 N–H and O–H groups in total. The molecular weight excluding hydrogens is 331 g/mol. The van der Waals surface area contributed by atoms with Crippen LogP contribution in [0.5, 0.6) is 0 Å². The molecule has 1 aromatic heterocycles. The highest BCUT2D eigenvalue weighted by molar-refractivity contribution is 7.11. The molecule has 0 radical (unpaired) electrons. The fourth-order valence-electron chi connectivity index (χ4n) is 1.53. The van der Waals surface area contributed by atoms with Crippen LogP contribution >= 0.6 is 11.3 Å². The van der Waals surface area contributed by atoms with E-state index >= 15 is 0 Å². The lowest BCUT2D eigenvalue weighted by Gasteiger charge is -2.09. The highest BCUT2D eigenvalue weighted by Crippen LogP contribution is 2.30. The van der Waals surface area contributed by atoms with E-state index in [1.807, 2.05) is 10.8 Å². The summed E-state index contributed by atoms with van der Waals surface area (Å²) < 4.78 is 37.7. The maximum Gasteiger partial charge on any atom is 0.416 e. The second-order valence-corrected chi connectivity index (χ2v) is 5.23. The van der Waals surface area contributed by atoms with Crippen molar-refractivity contribution >= 4 is 35.1 Å². The number of amides is 2. The third-order valence-electron chi connectivity index (χ3n) is 2.56. The number of benzene rings is 1. The van der Waals surface area contributed by atoms with Gasteiger partial charge in [-0.2, -0.15) is 18.3 Å². The third-order valence-corrected chi connectivity index (χ3v) is 3.36. The first-order chi connectivity index (χ1) is 10.9. The number of carbonyl (C=O) groups excluding carboxylic acids is 2. The zero-order valence-corrected chi connectivity index (χ0v) is 12.2. The van der Waals surface area contributed by atoms with Crippen molar-refractivity contribution in [2.24, 2.45) is 5.10 Å². The third kappa shape index (κ3) is 4.92. The highest BCUT2D eigenvalue weighted by Gasteiger charge is 2.30. The molecule has 0 aliphatic heterocycles. The number of hydrogen-bond donors (Lipinski definition) is 2. The fraction of sp³-hybridized carbons (Fsp3) is 0.0714. The lowest BCUT2D eigenvalue weighted by Crippen LogP contribution is -2.32. The van der Waals surface area contributed by atoms with Gasteiger partial charge in [-0.15, -0.1) is 11.3 Å². The predicted molar refractivity (Wildman–Crippen MR) is 80.1 cm³/mol. The Bertz CT molecular complexity index is 727. The first-order valence-electron chi connectivity index (χ1n) is 6.21. The molecule has 0 unspecified atom stereocenters. The summed E-state index contributed by atoms with van der Waals surface area (Å²) in [5, 5.41) is 7.46. The Labute approximate surface area is 132 Å². The van der Waals surface area contributed by atoms with Crippen LogP contribution in [0, 0.1) is 0 Å². The monoisotopic (exact) mass is 341 g/mol. The average molecular weight is 341 g/mol. The molecule has 0 fully saturated rings. The van der Waals surface area contributed by atoms with E-state index in [0.29, 0.717) is 0 Å². The Morgan fingerprint density at radius 3 is 2.57 bits per heavy atom. The second-order valence-electron chi connectivity index (χ2n) is 4.25. The number of thiophene rings is 1. The minimum atomic E-state index is -4.53. The molecule has 0 aliphatic carbocycles. The van der Waals surface area contributed by atoms with Gasteiger partial charge >= 0.3 is 18.0 Å². The van der Waals surface area contributed by atoms with Crippen LogP contribution in [0.25, 0.3) is 0 Å². The Balaban J connectivity index is 1.94. The summed E-state index contributed by atoms with van der Waals surface area (Å²) in [6, 6.07) is 7.51. The molecule has 0 bridgehead atoms. The van der Waals surface area contributed by atoms with Crippen LogP contribution in [0.4, 0.5) is 18.9 Å². The molecule has 2 rings (SSSR count). The normalized spacial score (nSPS) is 11.4. The molecule has 23 heavy (non-hydrogen) atoms. The van der Waals surface area contributed by atoms with E-state index in [1.165, 1.54) is 23.6 Å². The SMILES string of the molecule is O=C(N/N=C\c1cccs1)C(=O)Nc1cccc(C(F)(F)F)c1. The molecule has 120 valence electrons. The summed E-state index contributed by atoms with van der Waals surface area (Å²) in [4.78, 5) is 23.9. The Morgan fingerprint density at radius 2 is 1.91 bits per heavy atom. The summed E-state index contributed by atoms with van der Waals surface area (Å²) in [6.45, 7) is 0. The minimum Gasteiger partial charge on any atom is -0.318 e. The summed E-state index contributed by atoms with van der Waals surface area (Å²) in [7, 11) is 0. The van der Waals surface area contributed by atoms with Gasteiger partial charge in [0, 0.05) is 10.6 Å². The van der Waals surface area contributed by atoms with Crippen molar-refractivity contribution in [1.82, 2.24) is 5.43 Å². The Morgan fingerprint density at radius 1 is 1.13 bits per heavy atom. The topological polar surface area (TPSA) is 70.6 Å². The standard InChI is InChI=1S/C14H10F3N3O2S/c15-14(16,17)9-3-1-4-10(7-9)19-12(21)13(22)20-18-8-11-5-2-6-23-11/h1-8H,(H,19,21)(H,20,22)/b18-8-. The van der Waals surface area contributed by atoms with Crippen LogP contribution in [-0.4, -0.2) is 18.0 Å². The van der Waals surface area contributed by atoms with Crippen molar-refractivity contribution in [2.75, 3.05) is 5.32 Å². The zero-order chi connectivity index (χ0) is 16.9. The number of nitrogens with one attached hydrogen (secondary N) is 2. The highest BCUT2D eigenvalue weighted by atomic mass is 32.1. The van der Waals surface area contributed by atoms with Crippen molar-refractivity contribution in [3.63, 3.8) is 0 Å². The molecule has 0 atom stereocenters. The largest absolute Gasteiger partial charge is 0.416 e. The maximum absolute atomic E-state index is 12.6. The van der Waals surface area contributed by atoms with Crippen molar-refractivity contribution in [3.8, 4) is 0 Å². The van der Waals surface area contributed by atoms with Crippen molar-refractivity contribution in [1.29, 1.82) is 0 Å². The predicted octanol–water partition coefficient (Wildman–Crippen LogP) is 2.86. The molecule has 2 amide bonds. The van der Waals surface area contributed by atoms with Gasteiger partial charge in [0.2, 0.25) is 0 Å². The van der Waals surface area contributed by atoms with E-state index in [4.69, 9.17) is 0 Å². The average Bonchev–Trinajstić information content (AvgIpc) is 3.00. The van der Waals surface area contributed by atoms with Crippen LogP contribution < -0.4 is 10.7 Å². The summed E-state index contributed by atoms with van der Waals surface area (Å²) in [5.41, 5.74) is 0.927. The van der Waals surface area contributed by atoms with Gasteiger partial charge in [-0.3, -0.25) is 9.59 Å². The van der Waals surface area contributed by atoms with E-state index in [9.17, 15) is 22.8 Å². The number of alkyl halides is 3. The molecule has 9 heteroatoms. The van der Waals surface area contributed by atoms with Crippen molar-refractivity contribution in [2.45, 2.75) is 6.18 Å². The van der Waals surface area contributed by atoms with Gasteiger partial charge in [0.25, 0.3) is 0 Å². The van der Waals surface area contributed by atoms with Gasteiger partial charge < -0.3 is 5.32 Å². The van der Waals surface area contributed by atoms with Gasteiger partial charge in [0.15, 0.2) is 0 Å². The number of halogens is 3. The van der Waals surface area contributed by atoms with Gasteiger partial charge in [0.05, 0.1) is 11.8 Å². The summed E-state index contributed by atoms with van der Waals surface area (Å²) in [6.07, 6.45) is -3.19. The van der Waals surface area contributed by atoms with Crippen LogP contribution in [0.3, 0.4) is 0 Å². The lowest BCUT2D eigenvalue weighted by molar-refractivity contribution is -0.137. The molecule has 1 aromatic carbocycles. The van der Waals surface area contributed by atoms with E-state index < -0.39 is 23.6 Å². The molecule has 2 aromatic rings. The maximum atomic E-state index is 12.6. The fourth-order valence-corrected chi connectivity index (χ4v) is 2.12. The number of anilines is 1. The molecule has 1 heterocycles. The summed E-state index contributed by atoms with van der Waals surface area (Å²) in [5.74, 6) is -2.21. The van der Waals surface area contributed by atoms with Crippen LogP contribution in [0.1, 0.15) is 10.4 Å². The second kappa shape index (κ2) is 7.05. The molecule has 0 spiro atoms. The first kappa shape index (κ1) is 16.7. The number of rotatable bonds is 3. The van der Waals surface area contributed by atoms with E-state index in [1.54, 1.807) is 12.1 Å². The van der Waals surface area contributed by atoms with E-state index in [-0.39, 0.29) is 5.69 Å². The Hall–Kier alpha value is -2.68. The Kier molecular flexibility index (Phi) is 5.12. The van der Waals surface area contributed by atoms with Gasteiger partial charge in [0.1, 0.15) is 0 Å². The molecule has 0 saturated heterocycles. The molecule has 5 nitrogen and oxygen atoms in total. The number of nitrogens with zero attached hydrogens (tertiary/aromatic N) is 1. The quantitative estimate of drug-likeness (QED) is 0.512. The zero-order valence-electron chi connectivity index (χ0n) is 11.4. The van der Waals surface area contributed by atoms with Crippen LogP contribution in [0.2, 0.25) is 0 Å². The van der Waals surface area contributed by atoms with E-state index in [0.717, 1.165) is 23.1 Å². The minimum absolute atomic E-state index is 0.137. The van der Waals surface area contributed by atoms with E-state index in [2.05, 4.69) is 10.4 Å². The van der Waals surface area contributed by atoms with Crippen LogP contribution in [-0.2, 0) is 15.8 Å². The molecule has 0 saturated carbocycles. The number of hydrogen-bond acceptors (Lipinski definition) is 4.